The summed E-state index contributed by atoms with van der Waals surface area (Å²) in [6, 6.07) is 9.38. The van der Waals surface area contributed by atoms with Gasteiger partial charge in [-0.3, -0.25) is 4.79 Å². The minimum absolute atomic E-state index is 0.212. The van der Waals surface area contributed by atoms with E-state index in [1.54, 1.807) is 24.5 Å². The molecule has 1 amide bonds. The molecular formula is C15H13BrN4OS2. The minimum atomic E-state index is -0.428. The third-order valence-electron chi connectivity index (χ3n) is 2.98. The highest BCUT2D eigenvalue weighted by Crippen LogP contribution is 2.25. The maximum absolute atomic E-state index is 12.0. The Kier molecular flexibility index (Phi) is 5.04. The summed E-state index contributed by atoms with van der Waals surface area (Å²) < 4.78 is 2.09. The lowest BCUT2D eigenvalue weighted by Gasteiger charge is -2.10. The predicted molar refractivity (Wildman–Crippen MR) is 100 cm³/mol. The fourth-order valence-corrected chi connectivity index (χ4v) is 4.09. The third kappa shape index (κ3) is 4.15. The van der Waals surface area contributed by atoms with E-state index in [4.69, 9.17) is 0 Å². The van der Waals surface area contributed by atoms with Crippen LogP contribution in [0.1, 0.15) is 11.8 Å². The number of thiazole rings is 1. The molecule has 0 unspecified atom stereocenters. The molecule has 0 aliphatic heterocycles. The zero-order valence-electron chi connectivity index (χ0n) is 12.1. The molecule has 1 atom stereocenters. The zero-order chi connectivity index (χ0) is 16.2. The molecule has 1 aromatic carbocycles. The summed E-state index contributed by atoms with van der Waals surface area (Å²) in [6.07, 6.45) is 1.62. The van der Waals surface area contributed by atoms with Crippen molar-refractivity contribution in [3.63, 3.8) is 0 Å². The van der Waals surface area contributed by atoms with Crippen LogP contribution >= 0.6 is 38.6 Å². The second kappa shape index (κ2) is 7.20. The summed E-state index contributed by atoms with van der Waals surface area (Å²) in [4.78, 5) is 17.5. The molecule has 118 valence electrons. The van der Waals surface area contributed by atoms with Gasteiger partial charge in [0.05, 0.1) is 16.4 Å². The molecule has 23 heavy (non-hydrogen) atoms. The Morgan fingerprint density at radius 2 is 2.26 bits per heavy atom. The van der Waals surface area contributed by atoms with Crippen LogP contribution in [0.5, 0.6) is 0 Å². The lowest BCUT2D eigenvalue weighted by molar-refractivity contribution is -0.121. The SMILES string of the molecule is C[C@H](Nc1nc2ccccc2s1)C(=O)N/N=C\c1cc(Br)cs1. The van der Waals surface area contributed by atoms with Crippen LogP contribution in [0.15, 0.2) is 45.3 Å². The van der Waals surface area contributed by atoms with Crippen LogP contribution in [0.25, 0.3) is 10.2 Å². The van der Waals surface area contributed by atoms with Gasteiger partial charge in [-0.15, -0.1) is 11.3 Å². The van der Waals surface area contributed by atoms with Crippen molar-refractivity contribution in [3.8, 4) is 0 Å². The molecule has 2 N–H and O–H groups in total. The monoisotopic (exact) mass is 408 g/mol. The molecule has 3 rings (SSSR count). The first kappa shape index (κ1) is 16.1. The molecule has 0 saturated heterocycles. The maximum atomic E-state index is 12.0. The van der Waals surface area contributed by atoms with E-state index in [2.05, 4.69) is 36.8 Å². The van der Waals surface area contributed by atoms with Gasteiger partial charge in [0.15, 0.2) is 5.13 Å². The number of hydrazone groups is 1. The second-order valence-corrected chi connectivity index (χ2v) is 7.64. The van der Waals surface area contributed by atoms with E-state index in [1.165, 1.54) is 11.3 Å². The van der Waals surface area contributed by atoms with Crippen LogP contribution in [-0.2, 0) is 4.79 Å². The number of rotatable bonds is 5. The fourth-order valence-electron chi connectivity index (χ4n) is 1.84. The lowest BCUT2D eigenvalue weighted by atomic mass is 10.3. The van der Waals surface area contributed by atoms with Gasteiger partial charge >= 0.3 is 0 Å². The molecule has 0 aliphatic carbocycles. The summed E-state index contributed by atoms with van der Waals surface area (Å²) in [7, 11) is 0. The normalized spacial score (nSPS) is 12.6. The fraction of sp³-hybridized carbons (Fsp3) is 0.133. The Balaban J connectivity index is 1.57. The van der Waals surface area contributed by atoms with E-state index in [0.29, 0.717) is 0 Å². The first-order valence-electron chi connectivity index (χ1n) is 6.81. The van der Waals surface area contributed by atoms with Crippen LogP contribution in [-0.4, -0.2) is 23.1 Å². The highest BCUT2D eigenvalue weighted by molar-refractivity contribution is 9.10. The Morgan fingerprint density at radius 1 is 1.43 bits per heavy atom. The number of thiophene rings is 1. The number of nitrogens with zero attached hydrogens (tertiary/aromatic N) is 2. The highest BCUT2D eigenvalue weighted by atomic mass is 79.9. The van der Waals surface area contributed by atoms with E-state index >= 15 is 0 Å². The average molecular weight is 409 g/mol. The number of hydrogen-bond acceptors (Lipinski definition) is 6. The largest absolute Gasteiger partial charge is 0.350 e. The Bertz CT molecular complexity index is 825. The molecule has 0 bridgehead atoms. The van der Waals surface area contributed by atoms with Crippen molar-refractivity contribution in [2.75, 3.05) is 5.32 Å². The Hall–Kier alpha value is -1.77. The lowest BCUT2D eigenvalue weighted by Crippen LogP contribution is -2.34. The van der Waals surface area contributed by atoms with Gasteiger partial charge in [-0.1, -0.05) is 23.5 Å². The Labute approximate surface area is 149 Å². The van der Waals surface area contributed by atoms with Gasteiger partial charge < -0.3 is 5.32 Å². The number of benzene rings is 1. The van der Waals surface area contributed by atoms with Gasteiger partial charge in [-0.2, -0.15) is 5.10 Å². The van der Waals surface area contributed by atoms with Crippen molar-refractivity contribution in [2.45, 2.75) is 13.0 Å². The number of nitrogens with one attached hydrogen (secondary N) is 2. The first-order valence-corrected chi connectivity index (χ1v) is 9.30. The van der Waals surface area contributed by atoms with Crippen molar-refractivity contribution < 1.29 is 4.79 Å². The van der Waals surface area contributed by atoms with E-state index in [1.807, 2.05) is 35.7 Å². The summed E-state index contributed by atoms with van der Waals surface area (Å²) >= 11 is 6.44. The molecule has 0 radical (unpaired) electrons. The van der Waals surface area contributed by atoms with Crippen LogP contribution in [0, 0.1) is 0 Å². The minimum Gasteiger partial charge on any atom is -0.350 e. The first-order chi connectivity index (χ1) is 11.1. The van der Waals surface area contributed by atoms with Gasteiger partial charge in [-0.25, -0.2) is 10.4 Å². The Morgan fingerprint density at radius 3 is 3.00 bits per heavy atom. The molecule has 0 fully saturated rings. The predicted octanol–water partition coefficient (Wildman–Crippen LogP) is 4.07. The number of hydrogen-bond donors (Lipinski definition) is 2. The van der Waals surface area contributed by atoms with E-state index in [9.17, 15) is 4.79 Å². The van der Waals surface area contributed by atoms with Gasteiger partial charge in [-0.05, 0) is 41.1 Å². The molecular weight excluding hydrogens is 396 g/mol. The molecule has 2 heterocycles. The van der Waals surface area contributed by atoms with Crippen molar-refractivity contribution in [1.82, 2.24) is 10.4 Å². The third-order valence-corrected chi connectivity index (χ3v) is 5.58. The number of halogens is 1. The number of para-hydroxylation sites is 1. The topological polar surface area (TPSA) is 66.4 Å². The molecule has 8 heteroatoms. The number of fused-ring (bicyclic) bond motifs is 1. The van der Waals surface area contributed by atoms with Gasteiger partial charge in [0, 0.05) is 14.7 Å². The molecule has 0 spiro atoms. The van der Waals surface area contributed by atoms with Crippen molar-refractivity contribution >= 4 is 66.1 Å². The van der Waals surface area contributed by atoms with E-state index in [-0.39, 0.29) is 5.91 Å². The van der Waals surface area contributed by atoms with Crippen molar-refractivity contribution in [2.24, 2.45) is 5.10 Å². The van der Waals surface area contributed by atoms with E-state index in [0.717, 1.165) is 24.7 Å². The molecule has 5 nitrogen and oxygen atoms in total. The molecule has 3 aromatic rings. The number of carbonyl (C=O) groups is 1. The van der Waals surface area contributed by atoms with Crippen molar-refractivity contribution in [3.05, 3.63) is 45.1 Å². The van der Waals surface area contributed by atoms with Crippen LogP contribution in [0.3, 0.4) is 0 Å². The summed E-state index contributed by atoms with van der Waals surface area (Å²) in [5.41, 5.74) is 3.46. The zero-order valence-corrected chi connectivity index (χ0v) is 15.3. The maximum Gasteiger partial charge on any atom is 0.262 e. The summed E-state index contributed by atoms with van der Waals surface area (Å²) in [5, 5.41) is 9.75. The summed E-state index contributed by atoms with van der Waals surface area (Å²) in [5.74, 6) is -0.212. The second-order valence-electron chi connectivity index (χ2n) is 4.75. The number of anilines is 1. The molecule has 0 saturated carbocycles. The highest BCUT2D eigenvalue weighted by Gasteiger charge is 2.14. The van der Waals surface area contributed by atoms with E-state index < -0.39 is 6.04 Å². The smallest absolute Gasteiger partial charge is 0.262 e. The van der Waals surface area contributed by atoms with Crippen molar-refractivity contribution in [1.29, 1.82) is 0 Å². The number of amides is 1. The van der Waals surface area contributed by atoms with Gasteiger partial charge in [0.25, 0.3) is 5.91 Å². The van der Waals surface area contributed by atoms with Gasteiger partial charge in [0.1, 0.15) is 6.04 Å². The standard InChI is InChI=1S/C15H13BrN4OS2/c1-9(14(21)20-17-7-11-6-10(16)8-22-11)18-15-19-12-4-2-3-5-13(12)23-15/h2-9H,1H3,(H,18,19)(H,20,21)/b17-7-/t9-/m0/s1. The van der Waals surface area contributed by atoms with Crippen LogP contribution in [0.4, 0.5) is 5.13 Å². The average Bonchev–Trinajstić information content (AvgIpc) is 3.12. The number of aromatic nitrogens is 1. The van der Waals surface area contributed by atoms with Crippen LogP contribution in [0.2, 0.25) is 0 Å². The molecule has 2 aromatic heterocycles. The van der Waals surface area contributed by atoms with Crippen LogP contribution < -0.4 is 10.7 Å². The summed E-state index contributed by atoms with van der Waals surface area (Å²) in [6.45, 7) is 1.78. The quantitative estimate of drug-likeness (QED) is 0.493. The van der Waals surface area contributed by atoms with Gasteiger partial charge in [0.2, 0.25) is 0 Å². The molecule has 0 aliphatic rings. The number of carbonyl (C=O) groups excluding carboxylic acids is 1.